The van der Waals surface area contributed by atoms with Crippen molar-refractivity contribution in [2.45, 2.75) is 39.2 Å². The topological polar surface area (TPSA) is 58.6 Å². The molecule has 1 fully saturated rings. The molecule has 1 aromatic heterocycles. The maximum Gasteiger partial charge on any atom is 0.252 e. The van der Waals surface area contributed by atoms with Crippen LogP contribution in [0.5, 0.6) is 5.75 Å². The molecule has 0 radical (unpaired) electrons. The van der Waals surface area contributed by atoms with Crippen molar-refractivity contribution >= 4 is 23.2 Å². The Morgan fingerprint density at radius 3 is 2.56 bits per heavy atom. The zero-order valence-corrected chi connectivity index (χ0v) is 16.9. The molecule has 0 unspecified atom stereocenters. The normalized spacial score (nSPS) is 14.9. The molecule has 1 N–H and O–H groups in total. The van der Waals surface area contributed by atoms with Crippen LogP contribution >= 0.6 is 11.3 Å². The summed E-state index contributed by atoms with van der Waals surface area (Å²) in [6, 6.07) is 9.68. The molecule has 0 atom stereocenters. The van der Waals surface area contributed by atoms with Crippen LogP contribution in [0.1, 0.15) is 38.5 Å². The summed E-state index contributed by atoms with van der Waals surface area (Å²) in [6.45, 7) is 5.33. The lowest BCUT2D eigenvalue weighted by Crippen LogP contribution is -2.47. The van der Waals surface area contributed by atoms with E-state index in [0.717, 1.165) is 39.5 Å². The number of likely N-dealkylation sites (tertiary alicyclic amines) is 1. The van der Waals surface area contributed by atoms with E-state index in [1.165, 1.54) is 0 Å². The van der Waals surface area contributed by atoms with Crippen molar-refractivity contribution in [2.75, 3.05) is 20.2 Å². The summed E-state index contributed by atoms with van der Waals surface area (Å²) in [7, 11) is 1.62. The van der Waals surface area contributed by atoms with Crippen LogP contribution in [0, 0.1) is 13.8 Å². The number of ether oxygens (including phenoxy) is 1. The fourth-order valence-electron chi connectivity index (χ4n) is 3.52. The fourth-order valence-corrected chi connectivity index (χ4v) is 4.44. The number of rotatable bonds is 5. The van der Waals surface area contributed by atoms with E-state index in [4.69, 9.17) is 4.74 Å². The van der Waals surface area contributed by atoms with Crippen LogP contribution in [0.4, 0.5) is 0 Å². The van der Waals surface area contributed by atoms with E-state index < -0.39 is 0 Å². The van der Waals surface area contributed by atoms with Gasteiger partial charge in [0, 0.05) is 34.4 Å². The third kappa shape index (κ3) is 4.69. The van der Waals surface area contributed by atoms with Gasteiger partial charge in [-0.25, -0.2) is 0 Å². The van der Waals surface area contributed by atoms with Crippen molar-refractivity contribution < 1.29 is 14.3 Å². The number of hydrogen-bond acceptors (Lipinski definition) is 4. The lowest BCUT2D eigenvalue weighted by atomic mass is 10.0. The second-order valence-corrected chi connectivity index (χ2v) is 8.40. The Bertz CT molecular complexity index is 823. The highest BCUT2D eigenvalue weighted by Crippen LogP contribution is 2.22. The summed E-state index contributed by atoms with van der Waals surface area (Å²) in [4.78, 5) is 29.2. The number of carbonyl (C=O) groups is 2. The van der Waals surface area contributed by atoms with E-state index in [1.54, 1.807) is 18.4 Å². The minimum Gasteiger partial charge on any atom is -0.496 e. The molecule has 0 aliphatic carbocycles. The van der Waals surface area contributed by atoms with Crippen LogP contribution in [0.25, 0.3) is 0 Å². The number of nitrogens with zero attached hydrogens (tertiary/aromatic N) is 1. The third-order valence-electron chi connectivity index (χ3n) is 5.00. The standard InChI is InChI=1S/C21H26N2O3S/c1-14-12-18(15(2)27-14)21(25)22-17-8-10-23(11-9-17)20(24)13-16-6-4-5-7-19(16)26-3/h4-7,12,17H,8-11,13H2,1-3H3,(H,22,25). The van der Waals surface area contributed by atoms with Crippen molar-refractivity contribution in [2.24, 2.45) is 0 Å². The first-order chi connectivity index (χ1) is 13.0. The molecule has 0 bridgehead atoms. The number of hydrogen-bond donors (Lipinski definition) is 1. The highest BCUT2D eigenvalue weighted by Gasteiger charge is 2.25. The van der Waals surface area contributed by atoms with Gasteiger partial charge in [0.05, 0.1) is 19.1 Å². The average Bonchev–Trinajstić information content (AvgIpc) is 3.01. The van der Waals surface area contributed by atoms with Gasteiger partial charge in [-0.15, -0.1) is 11.3 Å². The van der Waals surface area contributed by atoms with Crippen molar-refractivity contribution in [3.05, 3.63) is 51.2 Å². The minimum atomic E-state index is -0.00403. The fraction of sp³-hybridized carbons (Fsp3) is 0.429. The molecule has 1 saturated heterocycles. The summed E-state index contributed by atoms with van der Waals surface area (Å²) >= 11 is 1.64. The summed E-state index contributed by atoms with van der Waals surface area (Å²) < 4.78 is 5.33. The van der Waals surface area contributed by atoms with Gasteiger partial charge in [-0.05, 0) is 38.8 Å². The Morgan fingerprint density at radius 2 is 1.93 bits per heavy atom. The zero-order chi connectivity index (χ0) is 19.4. The highest BCUT2D eigenvalue weighted by molar-refractivity contribution is 7.12. The molecule has 5 nitrogen and oxygen atoms in total. The van der Waals surface area contributed by atoms with Gasteiger partial charge < -0.3 is 15.0 Å². The molecular formula is C21H26N2O3S. The number of aryl methyl sites for hydroxylation is 2. The molecule has 6 heteroatoms. The van der Waals surface area contributed by atoms with Gasteiger partial charge in [0.1, 0.15) is 5.75 Å². The smallest absolute Gasteiger partial charge is 0.252 e. The van der Waals surface area contributed by atoms with Crippen molar-refractivity contribution in [1.29, 1.82) is 0 Å². The first kappa shape index (κ1) is 19.4. The number of piperidine rings is 1. The van der Waals surface area contributed by atoms with Gasteiger partial charge in [-0.1, -0.05) is 18.2 Å². The lowest BCUT2D eigenvalue weighted by molar-refractivity contribution is -0.131. The van der Waals surface area contributed by atoms with E-state index in [1.807, 2.05) is 49.1 Å². The molecule has 3 rings (SSSR count). The van der Waals surface area contributed by atoms with Crippen LogP contribution in [-0.2, 0) is 11.2 Å². The summed E-state index contributed by atoms with van der Waals surface area (Å²) in [5.41, 5.74) is 1.68. The van der Waals surface area contributed by atoms with Gasteiger partial charge in [-0.2, -0.15) is 0 Å². The van der Waals surface area contributed by atoms with Crippen molar-refractivity contribution in [3.8, 4) is 5.75 Å². The maximum atomic E-state index is 12.6. The molecule has 1 aliphatic heterocycles. The van der Waals surface area contributed by atoms with Crippen LogP contribution in [0.15, 0.2) is 30.3 Å². The second-order valence-electron chi connectivity index (χ2n) is 6.94. The molecule has 2 amide bonds. The summed E-state index contributed by atoms with van der Waals surface area (Å²) in [5, 5.41) is 3.13. The molecule has 2 heterocycles. The number of benzene rings is 1. The Kier molecular flexibility index (Phi) is 6.16. The van der Waals surface area contributed by atoms with Crippen LogP contribution in [-0.4, -0.2) is 43.0 Å². The molecular weight excluding hydrogens is 360 g/mol. The van der Waals surface area contributed by atoms with Crippen molar-refractivity contribution in [3.63, 3.8) is 0 Å². The Hall–Kier alpha value is -2.34. The van der Waals surface area contributed by atoms with Gasteiger partial charge in [-0.3, -0.25) is 9.59 Å². The number of nitrogens with one attached hydrogen (secondary N) is 1. The second kappa shape index (κ2) is 8.57. The molecule has 0 saturated carbocycles. The average molecular weight is 387 g/mol. The zero-order valence-electron chi connectivity index (χ0n) is 16.1. The number of para-hydroxylation sites is 1. The van der Waals surface area contributed by atoms with Crippen LogP contribution in [0.3, 0.4) is 0 Å². The predicted molar refractivity (Wildman–Crippen MR) is 108 cm³/mol. The van der Waals surface area contributed by atoms with E-state index in [9.17, 15) is 9.59 Å². The molecule has 2 aromatic rings. The molecule has 1 aliphatic rings. The van der Waals surface area contributed by atoms with E-state index >= 15 is 0 Å². The first-order valence-corrected chi connectivity index (χ1v) is 10.1. The monoisotopic (exact) mass is 386 g/mol. The molecule has 0 spiro atoms. The van der Waals surface area contributed by atoms with Crippen molar-refractivity contribution in [1.82, 2.24) is 10.2 Å². The van der Waals surface area contributed by atoms with Gasteiger partial charge in [0.2, 0.25) is 5.91 Å². The van der Waals surface area contributed by atoms with Crippen LogP contribution < -0.4 is 10.1 Å². The van der Waals surface area contributed by atoms with Crippen LogP contribution in [0.2, 0.25) is 0 Å². The van der Waals surface area contributed by atoms with Gasteiger partial charge >= 0.3 is 0 Å². The number of amides is 2. The van der Waals surface area contributed by atoms with Gasteiger partial charge in [0.15, 0.2) is 0 Å². The third-order valence-corrected chi connectivity index (χ3v) is 5.97. The number of thiophene rings is 1. The van der Waals surface area contributed by atoms with E-state index in [0.29, 0.717) is 19.5 Å². The quantitative estimate of drug-likeness (QED) is 0.857. The minimum absolute atomic E-state index is 0.00403. The lowest BCUT2D eigenvalue weighted by Gasteiger charge is -2.32. The number of carbonyl (C=O) groups excluding carboxylic acids is 2. The molecule has 144 valence electrons. The summed E-state index contributed by atoms with van der Waals surface area (Å²) in [5.74, 6) is 0.846. The SMILES string of the molecule is COc1ccccc1CC(=O)N1CCC(NC(=O)c2cc(C)sc2C)CC1. The highest BCUT2D eigenvalue weighted by atomic mass is 32.1. The Morgan fingerprint density at radius 1 is 1.22 bits per heavy atom. The Balaban J connectivity index is 1.52. The Labute approximate surface area is 164 Å². The van der Waals surface area contributed by atoms with E-state index in [-0.39, 0.29) is 17.9 Å². The van der Waals surface area contributed by atoms with E-state index in [2.05, 4.69) is 5.32 Å². The maximum absolute atomic E-state index is 12.6. The molecule has 1 aromatic carbocycles. The molecule has 27 heavy (non-hydrogen) atoms. The number of methoxy groups -OCH3 is 1. The summed E-state index contributed by atoms with van der Waals surface area (Å²) in [6.07, 6.45) is 1.91. The van der Waals surface area contributed by atoms with Gasteiger partial charge in [0.25, 0.3) is 5.91 Å². The predicted octanol–water partition coefficient (Wildman–Crippen LogP) is 3.34. The largest absolute Gasteiger partial charge is 0.496 e. The first-order valence-electron chi connectivity index (χ1n) is 9.25.